The third-order valence-electron chi connectivity index (χ3n) is 1.51. The van der Waals surface area contributed by atoms with Crippen molar-refractivity contribution in [3.8, 4) is 11.5 Å². The van der Waals surface area contributed by atoms with Crippen LogP contribution in [0.15, 0.2) is 60.7 Å². The fourth-order valence-electron chi connectivity index (χ4n) is 0.856. The van der Waals surface area contributed by atoms with E-state index in [9.17, 15) is 0 Å². The third kappa shape index (κ3) is 6.64. The Balaban J connectivity index is 0.000000245. The Hall–Kier alpha value is -1.40. The van der Waals surface area contributed by atoms with Crippen molar-refractivity contribution in [1.29, 1.82) is 0 Å². The minimum Gasteiger partial charge on any atom is -0.508 e. The quantitative estimate of drug-likeness (QED) is 0.716. The van der Waals surface area contributed by atoms with Crippen molar-refractivity contribution in [3.05, 3.63) is 60.7 Å². The molecule has 0 amide bonds. The maximum Gasteiger partial charge on any atom is 0.115 e. The van der Waals surface area contributed by atoms with Gasteiger partial charge in [-0.1, -0.05) is 36.4 Å². The van der Waals surface area contributed by atoms with Crippen molar-refractivity contribution < 1.29 is 10.2 Å². The summed E-state index contributed by atoms with van der Waals surface area (Å²) < 4.78 is 0. The van der Waals surface area contributed by atoms with Crippen LogP contribution in [0.3, 0.4) is 0 Å². The molecule has 0 aromatic heterocycles. The maximum atomic E-state index is 8.63. The molecule has 3 heteroatoms. The van der Waals surface area contributed by atoms with E-state index in [0.29, 0.717) is 11.5 Å². The van der Waals surface area contributed by atoms with Gasteiger partial charge in [-0.15, -0.1) is 0 Å². The molecule has 0 unspecified atom stereocenters. The van der Waals surface area contributed by atoms with E-state index >= 15 is 0 Å². The van der Waals surface area contributed by atoms with Gasteiger partial charge in [0, 0.05) is 18.0 Å². The van der Waals surface area contributed by atoms with Crippen molar-refractivity contribution in [1.82, 2.24) is 0 Å². The first-order valence-corrected chi connectivity index (χ1v) is 4.27. The summed E-state index contributed by atoms with van der Waals surface area (Å²) in [5.41, 5.74) is 0. The Morgan fingerprint density at radius 1 is 0.533 bits per heavy atom. The van der Waals surface area contributed by atoms with Crippen molar-refractivity contribution in [2.75, 3.05) is 0 Å². The fourth-order valence-corrected chi connectivity index (χ4v) is 0.856. The largest absolute Gasteiger partial charge is 0.508 e. The van der Waals surface area contributed by atoms with Crippen LogP contribution in [0.5, 0.6) is 11.5 Å². The SMILES string of the molecule is Oc1ccccc1.Oc1ccccc1.[As]. The van der Waals surface area contributed by atoms with Gasteiger partial charge in [-0.25, -0.2) is 0 Å². The van der Waals surface area contributed by atoms with Gasteiger partial charge in [-0.2, -0.15) is 0 Å². The summed E-state index contributed by atoms with van der Waals surface area (Å²) in [5, 5.41) is 17.3. The van der Waals surface area contributed by atoms with Crippen LogP contribution < -0.4 is 0 Å². The first-order chi connectivity index (χ1) is 6.79. The van der Waals surface area contributed by atoms with Gasteiger partial charge >= 0.3 is 0 Å². The van der Waals surface area contributed by atoms with Crippen molar-refractivity contribution in [3.63, 3.8) is 0 Å². The predicted octanol–water partition coefficient (Wildman–Crippen LogP) is 2.40. The van der Waals surface area contributed by atoms with Gasteiger partial charge in [0.1, 0.15) is 11.5 Å². The number of rotatable bonds is 0. The molecule has 2 N–H and O–H groups in total. The maximum absolute atomic E-state index is 8.63. The molecule has 2 aromatic rings. The standard InChI is InChI=1S/2C6H6O.As/c2*7-6-4-2-1-3-5-6;/h2*1-5,7H;. The number of para-hydroxylation sites is 2. The second kappa shape index (κ2) is 7.95. The van der Waals surface area contributed by atoms with Crippen LogP contribution >= 0.6 is 0 Å². The molecule has 0 heterocycles. The topological polar surface area (TPSA) is 40.5 Å². The number of benzene rings is 2. The molecule has 0 aliphatic rings. The van der Waals surface area contributed by atoms with E-state index in [1.165, 1.54) is 0 Å². The molecule has 0 aliphatic heterocycles. The summed E-state index contributed by atoms with van der Waals surface area (Å²) in [6.45, 7) is 0. The molecule has 0 spiro atoms. The van der Waals surface area contributed by atoms with Crippen LogP contribution in [0, 0.1) is 0 Å². The number of hydrogen-bond acceptors (Lipinski definition) is 2. The zero-order valence-electron chi connectivity index (χ0n) is 8.12. The van der Waals surface area contributed by atoms with E-state index in [1.807, 2.05) is 12.1 Å². The van der Waals surface area contributed by atoms with Crippen LogP contribution in [0.25, 0.3) is 0 Å². The molecule has 3 radical (unpaired) electrons. The summed E-state index contributed by atoms with van der Waals surface area (Å²) in [4.78, 5) is 0. The van der Waals surface area contributed by atoms with Gasteiger partial charge in [0.15, 0.2) is 0 Å². The number of aromatic hydroxyl groups is 2. The van der Waals surface area contributed by atoms with Gasteiger partial charge in [-0.05, 0) is 24.3 Å². The van der Waals surface area contributed by atoms with Crippen molar-refractivity contribution >= 4 is 18.0 Å². The zero-order valence-corrected chi connectivity index (χ0v) is 9.99. The van der Waals surface area contributed by atoms with Gasteiger partial charge < -0.3 is 10.2 Å². The average Bonchev–Trinajstić information content (AvgIpc) is 2.21. The first-order valence-electron chi connectivity index (χ1n) is 4.27. The number of hydrogen-bond donors (Lipinski definition) is 2. The Kier molecular flexibility index (Phi) is 7.21. The molecule has 2 rings (SSSR count). The van der Waals surface area contributed by atoms with Crippen molar-refractivity contribution in [2.45, 2.75) is 0 Å². The second-order valence-corrected chi connectivity index (χ2v) is 2.67. The summed E-state index contributed by atoms with van der Waals surface area (Å²) in [6, 6.07) is 17.4. The summed E-state index contributed by atoms with van der Waals surface area (Å²) >= 11 is 0. The summed E-state index contributed by atoms with van der Waals surface area (Å²) in [5.74, 6) is 0.644. The monoisotopic (exact) mass is 263 g/mol. The molecule has 0 fully saturated rings. The van der Waals surface area contributed by atoms with E-state index in [4.69, 9.17) is 10.2 Å². The molecule has 2 nitrogen and oxygen atoms in total. The molecule has 0 saturated heterocycles. The molecular formula is C12H12AsO2. The predicted molar refractivity (Wildman–Crippen MR) is 62.0 cm³/mol. The number of phenols is 2. The molecule has 0 aliphatic carbocycles. The van der Waals surface area contributed by atoms with E-state index in [-0.39, 0.29) is 18.0 Å². The fraction of sp³-hybridized carbons (Fsp3) is 0. The van der Waals surface area contributed by atoms with Crippen LogP contribution in [0.4, 0.5) is 0 Å². The summed E-state index contributed by atoms with van der Waals surface area (Å²) in [7, 11) is 0. The third-order valence-corrected chi connectivity index (χ3v) is 1.51. The Labute approximate surface area is 101 Å². The van der Waals surface area contributed by atoms with E-state index in [2.05, 4.69) is 0 Å². The number of phenolic OH excluding ortho intramolecular Hbond substituents is 2. The molecule has 0 atom stereocenters. The van der Waals surface area contributed by atoms with E-state index < -0.39 is 0 Å². The molecule has 0 saturated carbocycles. The smallest absolute Gasteiger partial charge is 0.115 e. The Morgan fingerprint density at radius 3 is 0.933 bits per heavy atom. The van der Waals surface area contributed by atoms with Crippen LogP contribution in [-0.4, -0.2) is 28.2 Å². The molecule has 2 aromatic carbocycles. The minimum absolute atomic E-state index is 0. The van der Waals surface area contributed by atoms with E-state index in [1.54, 1.807) is 48.5 Å². The molecule has 0 bridgehead atoms. The van der Waals surface area contributed by atoms with Gasteiger partial charge in [-0.3, -0.25) is 0 Å². The molecular weight excluding hydrogens is 251 g/mol. The zero-order chi connectivity index (χ0) is 10.2. The minimum atomic E-state index is 0. The van der Waals surface area contributed by atoms with E-state index in [0.717, 1.165) is 0 Å². The van der Waals surface area contributed by atoms with Gasteiger partial charge in [0.2, 0.25) is 0 Å². The van der Waals surface area contributed by atoms with Gasteiger partial charge in [0.25, 0.3) is 0 Å². The van der Waals surface area contributed by atoms with Crippen molar-refractivity contribution in [2.24, 2.45) is 0 Å². The average molecular weight is 263 g/mol. The Bertz CT molecular complexity index is 311. The van der Waals surface area contributed by atoms with Gasteiger partial charge in [0.05, 0.1) is 0 Å². The Morgan fingerprint density at radius 2 is 0.800 bits per heavy atom. The molecule has 15 heavy (non-hydrogen) atoms. The van der Waals surface area contributed by atoms with Crippen LogP contribution in [0.1, 0.15) is 0 Å². The van der Waals surface area contributed by atoms with Crippen LogP contribution in [-0.2, 0) is 0 Å². The first kappa shape index (κ1) is 13.6. The molecule has 77 valence electrons. The second-order valence-electron chi connectivity index (χ2n) is 2.67. The normalized spacial score (nSPS) is 8.00. The van der Waals surface area contributed by atoms with Crippen LogP contribution in [0.2, 0.25) is 0 Å². The summed E-state index contributed by atoms with van der Waals surface area (Å²) in [6.07, 6.45) is 0.